The Hall–Kier alpha value is -2.16. The summed E-state index contributed by atoms with van der Waals surface area (Å²) < 4.78 is 5.50. The highest BCUT2D eigenvalue weighted by Crippen LogP contribution is 2.22. The van der Waals surface area contributed by atoms with Crippen LogP contribution in [0.2, 0.25) is 0 Å². The molecule has 0 N–H and O–H groups in total. The number of ether oxygens (including phenoxy) is 1. The van der Waals surface area contributed by atoms with Crippen LogP contribution in [0.3, 0.4) is 0 Å². The maximum atomic E-state index is 12.1. The lowest BCUT2D eigenvalue weighted by molar-refractivity contribution is -0.134. The second-order valence-electron chi connectivity index (χ2n) is 8.94. The summed E-state index contributed by atoms with van der Waals surface area (Å²) in [6.45, 7) is 4.49. The first kappa shape index (κ1) is 26.1. The van der Waals surface area contributed by atoms with Crippen LogP contribution in [0.4, 0.5) is 0 Å². The molecule has 176 valence electrons. The molecule has 0 amide bonds. The number of aromatic nitrogens is 1. The third kappa shape index (κ3) is 10.9. The number of hydrogen-bond donors (Lipinski definition) is 0. The Bertz CT molecular complexity index is 737. The number of nitrogens with zero attached hydrogens (tertiary/aromatic N) is 1. The van der Waals surface area contributed by atoms with Crippen molar-refractivity contribution in [2.45, 2.75) is 110 Å². The predicted octanol–water partition coefficient (Wildman–Crippen LogP) is 8.70. The largest absolute Gasteiger partial charge is 0.427 e. The van der Waals surface area contributed by atoms with Crippen LogP contribution in [-0.4, -0.2) is 11.0 Å². The van der Waals surface area contributed by atoms with E-state index in [1.807, 2.05) is 30.5 Å². The zero-order chi connectivity index (χ0) is 22.9. The molecule has 0 aliphatic rings. The number of carbonyl (C=O) groups is 1. The van der Waals surface area contributed by atoms with Gasteiger partial charge in [0.1, 0.15) is 5.75 Å². The summed E-state index contributed by atoms with van der Waals surface area (Å²) in [4.78, 5) is 16.7. The van der Waals surface area contributed by atoms with Gasteiger partial charge in [-0.05, 0) is 55.2 Å². The average molecular weight is 438 g/mol. The Balaban J connectivity index is 1.67. The van der Waals surface area contributed by atoms with E-state index in [9.17, 15) is 4.79 Å². The zero-order valence-electron chi connectivity index (χ0n) is 20.4. The van der Waals surface area contributed by atoms with Crippen molar-refractivity contribution in [1.29, 1.82) is 0 Å². The van der Waals surface area contributed by atoms with Gasteiger partial charge in [-0.2, -0.15) is 0 Å². The van der Waals surface area contributed by atoms with Crippen LogP contribution < -0.4 is 4.74 Å². The number of carbonyl (C=O) groups excluding carboxylic acids is 1. The molecule has 2 rings (SSSR count). The third-order valence-corrected chi connectivity index (χ3v) is 6.01. The Morgan fingerprint density at radius 3 is 1.91 bits per heavy atom. The van der Waals surface area contributed by atoms with Crippen molar-refractivity contribution >= 4 is 5.97 Å². The van der Waals surface area contributed by atoms with E-state index in [1.54, 1.807) is 0 Å². The number of aryl methyl sites for hydroxylation is 1. The van der Waals surface area contributed by atoms with Crippen molar-refractivity contribution in [3.63, 3.8) is 0 Å². The Morgan fingerprint density at radius 2 is 1.31 bits per heavy atom. The Kier molecular flexibility index (Phi) is 13.4. The zero-order valence-corrected chi connectivity index (χ0v) is 20.4. The van der Waals surface area contributed by atoms with Gasteiger partial charge in [0, 0.05) is 18.2 Å². The second kappa shape index (κ2) is 16.5. The first-order valence-electron chi connectivity index (χ1n) is 13.0. The average Bonchev–Trinajstić information content (AvgIpc) is 2.82. The fraction of sp³-hybridized carbons (Fsp3) is 0.586. The third-order valence-electron chi connectivity index (χ3n) is 6.01. The number of benzene rings is 1. The molecule has 3 nitrogen and oxygen atoms in total. The molecule has 32 heavy (non-hydrogen) atoms. The van der Waals surface area contributed by atoms with Crippen LogP contribution >= 0.6 is 0 Å². The summed E-state index contributed by atoms with van der Waals surface area (Å²) in [6.07, 6.45) is 19.9. The SMILES string of the molecule is CCCCCCCCCCC(=O)Oc1ccc(-c2ccc(CCCCCCC)cn2)cc1. The molecule has 0 radical (unpaired) electrons. The molecule has 0 unspecified atom stereocenters. The number of pyridine rings is 1. The van der Waals surface area contributed by atoms with Crippen LogP contribution in [0.1, 0.15) is 109 Å². The van der Waals surface area contributed by atoms with E-state index in [4.69, 9.17) is 4.74 Å². The van der Waals surface area contributed by atoms with Crippen LogP contribution in [0, 0.1) is 0 Å². The summed E-state index contributed by atoms with van der Waals surface area (Å²) in [5.41, 5.74) is 3.30. The fourth-order valence-electron chi connectivity index (χ4n) is 3.96. The Labute approximate surface area is 196 Å². The summed E-state index contributed by atoms with van der Waals surface area (Å²) in [5, 5.41) is 0. The first-order valence-corrected chi connectivity index (χ1v) is 13.0. The molecule has 3 heteroatoms. The Morgan fingerprint density at radius 1 is 0.719 bits per heavy atom. The van der Waals surface area contributed by atoms with Crippen LogP contribution in [0.5, 0.6) is 5.75 Å². The second-order valence-corrected chi connectivity index (χ2v) is 8.94. The molecule has 1 aromatic carbocycles. The lowest BCUT2D eigenvalue weighted by atomic mass is 10.1. The van der Waals surface area contributed by atoms with E-state index < -0.39 is 0 Å². The van der Waals surface area contributed by atoms with E-state index in [2.05, 4.69) is 31.0 Å². The van der Waals surface area contributed by atoms with Crippen LogP contribution in [-0.2, 0) is 11.2 Å². The van der Waals surface area contributed by atoms with Crippen LogP contribution in [0.25, 0.3) is 11.3 Å². The van der Waals surface area contributed by atoms with Crippen molar-refractivity contribution in [1.82, 2.24) is 4.98 Å². The monoisotopic (exact) mass is 437 g/mol. The van der Waals surface area contributed by atoms with Crippen LogP contribution in [0.15, 0.2) is 42.6 Å². The highest BCUT2D eigenvalue weighted by atomic mass is 16.5. The van der Waals surface area contributed by atoms with Gasteiger partial charge < -0.3 is 4.74 Å². The highest BCUT2D eigenvalue weighted by Gasteiger charge is 2.06. The lowest BCUT2D eigenvalue weighted by Crippen LogP contribution is -2.07. The van der Waals surface area contributed by atoms with Gasteiger partial charge in [-0.25, -0.2) is 0 Å². The number of hydrogen-bond acceptors (Lipinski definition) is 3. The lowest BCUT2D eigenvalue weighted by Gasteiger charge is -2.07. The molecule has 0 fully saturated rings. The smallest absolute Gasteiger partial charge is 0.311 e. The fourth-order valence-corrected chi connectivity index (χ4v) is 3.96. The summed E-state index contributed by atoms with van der Waals surface area (Å²) in [7, 11) is 0. The van der Waals surface area contributed by atoms with Crippen molar-refractivity contribution < 1.29 is 9.53 Å². The molecule has 0 saturated carbocycles. The van der Waals surface area contributed by atoms with E-state index in [-0.39, 0.29) is 5.97 Å². The van der Waals surface area contributed by atoms with Crippen molar-refractivity contribution in [3.8, 4) is 17.0 Å². The van der Waals surface area contributed by atoms with Gasteiger partial charge in [0.2, 0.25) is 0 Å². The van der Waals surface area contributed by atoms with Gasteiger partial charge >= 0.3 is 5.97 Å². The molecule has 0 aliphatic heterocycles. The standard InChI is InChI=1S/C29H43NO2/c1-3-5-7-9-10-11-13-15-17-29(31)32-27-21-19-26(20-22-27)28-23-18-25(24-30-28)16-14-12-8-6-4-2/h18-24H,3-17H2,1-2H3. The number of esters is 1. The van der Waals surface area contributed by atoms with Gasteiger partial charge in [-0.15, -0.1) is 0 Å². The molecule has 0 bridgehead atoms. The van der Waals surface area contributed by atoms with Crippen molar-refractivity contribution in [2.75, 3.05) is 0 Å². The molecule has 1 heterocycles. The van der Waals surface area contributed by atoms with E-state index >= 15 is 0 Å². The molecule has 0 saturated heterocycles. The normalized spacial score (nSPS) is 10.9. The summed E-state index contributed by atoms with van der Waals surface area (Å²) in [5.74, 6) is 0.479. The minimum Gasteiger partial charge on any atom is -0.427 e. The van der Waals surface area contributed by atoms with Gasteiger partial charge in [0.25, 0.3) is 0 Å². The summed E-state index contributed by atoms with van der Waals surface area (Å²) in [6, 6.07) is 12.0. The van der Waals surface area contributed by atoms with Crippen molar-refractivity contribution in [2.24, 2.45) is 0 Å². The highest BCUT2D eigenvalue weighted by molar-refractivity contribution is 5.72. The first-order chi connectivity index (χ1) is 15.7. The number of unbranched alkanes of at least 4 members (excludes halogenated alkanes) is 11. The predicted molar refractivity (Wildman–Crippen MR) is 135 cm³/mol. The summed E-state index contributed by atoms with van der Waals surface area (Å²) >= 11 is 0. The molecule has 0 aliphatic carbocycles. The molecular formula is C29H43NO2. The maximum absolute atomic E-state index is 12.1. The van der Waals surface area contributed by atoms with Gasteiger partial charge in [0.15, 0.2) is 0 Å². The van der Waals surface area contributed by atoms with E-state index in [0.717, 1.165) is 30.5 Å². The van der Waals surface area contributed by atoms with Gasteiger partial charge in [0.05, 0.1) is 5.69 Å². The topological polar surface area (TPSA) is 39.2 Å². The van der Waals surface area contributed by atoms with Crippen molar-refractivity contribution in [3.05, 3.63) is 48.2 Å². The molecule has 0 spiro atoms. The minimum atomic E-state index is -0.134. The quantitative estimate of drug-likeness (QED) is 0.141. The van der Waals surface area contributed by atoms with E-state index in [1.165, 1.54) is 76.2 Å². The molecular weight excluding hydrogens is 394 g/mol. The van der Waals surface area contributed by atoms with E-state index in [0.29, 0.717) is 12.2 Å². The number of rotatable bonds is 17. The minimum absolute atomic E-state index is 0.134. The molecule has 0 atom stereocenters. The van der Waals surface area contributed by atoms with Gasteiger partial charge in [-0.1, -0.05) is 90.5 Å². The molecule has 1 aromatic heterocycles. The molecule has 2 aromatic rings. The van der Waals surface area contributed by atoms with Gasteiger partial charge in [-0.3, -0.25) is 9.78 Å². The maximum Gasteiger partial charge on any atom is 0.311 e.